The second kappa shape index (κ2) is 9.08. The van der Waals surface area contributed by atoms with Crippen molar-refractivity contribution in [1.29, 1.82) is 0 Å². The molecule has 7 heteroatoms. The van der Waals surface area contributed by atoms with Gasteiger partial charge in [0.1, 0.15) is 17.1 Å². The van der Waals surface area contributed by atoms with Gasteiger partial charge in [-0.25, -0.2) is 14.1 Å². The summed E-state index contributed by atoms with van der Waals surface area (Å²) in [6.07, 6.45) is 1.80. The fourth-order valence-corrected chi connectivity index (χ4v) is 3.72. The number of urea groups is 1. The highest BCUT2D eigenvalue weighted by Crippen LogP contribution is 2.27. The Labute approximate surface area is 190 Å². The molecule has 33 heavy (non-hydrogen) atoms. The van der Waals surface area contributed by atoms with Crippen LogP contribution in [0.15, 0.2) is 72.3 Å². The van der Waals surface area contributed by atoms with Crippen molar-refractivity contribution in [3.05, 3.63) is 100 Å². The Morgan fingerprint density at radius 1 is 1.00 bits per heavy atom. The SMILES string of the molecule is COc1ccc(/C=C2\C(=O)NC(=O)N(c3ccccc3C)C2=O)c(Cc2cccc(F)c2)c1. The van der Waals surface area contributed by atoms with E-state index in [-0.39, 0.29) is 11.4 Å². The zero-order valence-corrected chi connectivity index (χ0v) is 18.1. The molecule has 0 aromatic heterocycles. The van der Waals surface area contributed by atoms with E-state index in [2.05, 4.69) is 5.32 Å². The van der Waals surface area contributed by atoms with E-state index in [1.54, 1.807) is 61.5 Å². The first-order valence-electron chi connectivity index (χ1n) is 10.3. The number of anilines is 1. The fourth-order valence-electron chi connectivity index (χ4n) is 3.72. The number of para-hydroxylation sites is 1. The minimum absolute atomic E-state index is 0.177. The predicted molar refractivity (Wildman–Crippen MR) is 122 cm³/mol. The van der Waals surface area contributed by atoms with Crippen LogP contribution in [0.25, 0.3) is 6.08 Å². The van der Waals surface area contributed by atoms with Gasteiger partial charge in [0.15, 0.2) is 0 Å². The van der Waals surface area contributed by atoms with Gasteiger partial charge < -0.3 is 4.74 Å². The molecular weight excluding hydrogens is 423 g/mol. The van der Waals surface area contributed by atoms with Gasteiger partial charge >= 0.3 is 6.03 Å². The van der Waals surface area contributed by atoms with E-state index in [0.29, 0.717) is 29.0 Å². The van der Waals surface area contributed by atoms with Crippen molar-refractivity contribution < 1.29 is 23.5 Å². The molecule has 3 aromatic carbocycles. The number of halogens is 1. The van der Waals surface area contributed by atoms with Crippen LogP contribution in [0.3, 0.4) is 0 Å². The fraction of sp³-hybridized carbons (Fsp3) is 0.115. The van der Waals surface area contributed by atoms with Crippen molar-refractivity contribution >= 4 is 29.6 Å². The topological polar surface area (TPSA) is 75.7 Å². The Balaban J connectivity index is 1.77. The largest absolute Gasteiger partial charge is 0.497 e. The van der Waals surface area contributed by atoms with Crippen LogP contribution in [0.1, 0.15) is 22.3 Å². The monoisotopic (exact) mass is 444 g/mol. The molecule has 0 bridgehead atoms. The second-order valence-corrected chi connectivity index (χ2v) is 7.62. The molecule has 0 saturated carbocycles. The number of methoxy groups -OCH3 is 1. The van der Waals surface area contributed by atoms with Crippen molar-refractivity contribution in [2.75, 3.05) is 12.0 Å². The second-order valence-electron chi connectivity index (χ2n) is 7.62. The van der Waals surface area contributed by atoms with E-state index in [4.69, 9.17) is 4.74 Å². The lowest BCUT2D eigenvalue weighted by atomic mass is 9.96. The van der Waals surface area contributed by atoms with E-state index >= 15 is 0 Å². The number of barbiturate groups is 1. The van der Waals surface area contributed by atoms with Crippen LogP contribution < -0.4 is 15.0 Å². The first-order chi connectivity index (χ1) is 15.9. The van der Waals surface area contributed by atoms with Gasteiger partial charge in [-0.15, -0.1) is 0 Å². The Bertz CT molecular complexity index is 1300. The van der Waals surface area contributed by atoms with Crippen LogP contribution in [-0.2, 0) is 16.0 Å². The summed E-state index contributed by atoms with van der Waals surface area (Å²) >= 11 is 0. The average molecular weight is 444 g/mol. The first-order valence-corrected chi connectivity index (χ1v) is 10.3. The van der Waals surface area contributed by atoms with E-state index in [1.807, 2.05) is 0 Å². The quantitative estimate of drug-likeness (QED) is 0.468. The lowest BCUT2D eigenvalue weighted by Gasteiger charge is -2.27. The maximum absolute atomic E-state index is 13.7. The summed E-state index contributed by atoms with van der Waals surface area (Å²) in [5.41, 5.74) is 2.96. The highest BCUT2D eigenvalue weighted by atomic mass is 19.1. The van der Waals surface area contributed by atoms with Crippen molar-refractivity contribution in [3.8, 4) is 5.75 Å². The number of aryl methyl sites for hydroxylation is 1. The van der Waals surface area contributed by atoms with Crippen molar-refractivity contribution in [2.45, 2.75) is 13.3 Å². The molecule has 166 valence electrons. The molecule has 4 amide bonds. The van der Waals surface area contributed by atoms with E-state index in [0.717, 1.165) is 16.0 Å². The van der Waals surface area contributed by atoms with Gasteiger partial charge in [0, 0.05) is 0 Å². The number of amides is 4. The summed E-state index contributed by atoms with van der Waals surface area (Å²) in [5, 5.41) is 2.24. The highest BCUT2D eigenvalue weighted by Gasteiger charge is 2.37. The predicted octanol–water partition coefficient (Wildman–Crippen LogP) is 4.40. The van der Waals surface area contributed by atoms with Crippen LogP contribution in [0.4, 0.5) is 14.9 Å². The summed E-state index contributed by atoms with van der Waals surface area (Å²) in [4.78, 5) is 39.3. The smallest absolute Gasteiger partial charge is 0.335 e. The minimum atomic E-state index is -0.800. The maximum Gasteiger partial charge on any atom is 0.335 e. The Hall–Kier alpha value is -4.26. The molecule has 1 N–H and O–H groups in total. The molecule has 1 aliphatic heterocycles. The number of benzene rings is 3. The molecule has 1 saturated heterocycles. The lowest BCUT2D eigenvalue weighted by molar-refractivity contribution is -0.122. The summed E-state index contributed by atoms with van der Waals surface area (Å²) in [7, 11) is 1.53. The van der Waals surface area contributed by atoms with Gasteiger partial charge in [-0.05, 0) is 72.0 Å². The summed E-state index contributed by atoms with van der Waals surface area (Å²) in [5.74, 6) is -1.27. The van der Waals surface area contributed by atoms with Gasteiger partial charge in [-0.1, -0.05) is 36.4 Å². The number of carbonyl (C=O) groups is 3. The van der Waals surface area contributed by atoms with Crippen molar-refractivity contribution in [3.63, 3.8) is 0 Å². The van der Waals surface area contributed by atoms with Crippen LogP contribution in [0.5, 0.6) is 5.75 Å². The molecule has 0 spiro atoms. The third-order valence-electron chi connectivity index (χ3n) is 5.39. The number of hydrogen-bond donors (Lipinski definition) is 1. The number of ether oxygens (including phenoxy) is 1. The van der Waals surface area contributed by atoms with Crippen LogP contribution in [0, 0.1) is 12.7 Å². The lowest BCUT2D eigenvalue weighted by Crippen LogP contribution is -2.54. The number of rotatable bonds is 5. The Morgan fingerprint density at radius 2 is 1.79 bits per heavy atom. The maximum atomic E-state index is 13.7. The molecule has 0 radical (unpaired) electrons. The van der Waals surface area contributed by atoms with Crippen molar-refractivity contribution in [1.82, 2.24) is 5.32 Å². The van der Waals surface area contributed by atoms with Gasteiger partial charge in [0.05, 0.1) is 12.8 Å². The average Bonchev–Trinajstić information content (AvgIpc) is 2.78. The van der Waals surface area contributed by atoms with Crippen molar-refractivity contribution in [2.24, 2.45) is 0 Å². The standard InChI is InChI=1S/C26H21FN2O4/c1-16-6-3-4-9-23(16)29-25(31)22(24(30)28-26(29)32)15-18-10-11-21(33-2)14-19(18)12-17-7-5-8-20(27)13-17/h3-11,13-15H,12H2,1-2H3,(H,28,30,32)/b22-15+. The van der Waals surface area contributed by atoms with Crippen LogP contribution in [0.2, 0.25) is 0 Å². The summed E-state index contributed by atoms with van der Waals surface area (Å²) in [6, 6.07) is 17.5. The number of carbonyl (C=O) groups excluding carboxylic acids is 3. The molecule has 6 nitrogen and oxygen atoms in total. The number of nitrogens with zero attached hydrogens (tertiary/aromatic N) is 1. The molecule has 1 heterocycles. The first kappa shape index (κ1) is 22.0. The molecular formula is C26H21FN2O4. The van der Waals surface area contributed by atoms with Gasteiger partial charge in [0.2, 0.25) is 0 Å². The number of imide groups is 2. The summed E-state index contributed by atoms with van der Waals surface area (Å²) in [6.45, 7) is 1.77. The van der Waals surface area contributed by atoms with Gasteiger partial charge in [-0.3, -0.25) is 14.9 Å². The van der Waals surface area contributed by atoms with E-state index in [9.17, 15) is 18.8 Å². The highest BCUT2D eigenvalue weighted by molar-refractivity contribution is 6.39. The Morgan fingerprint density at radius 3 is 2.52 bits per heavy atom. The van der Waals surface area contributed by atoms with Gasteiger partial charge in [-0.2, -0.15) is 0 Å². The third-order valence-corrected chi connectivity index (χ3v) is 5.39. The normalized spacial score (nSPS) is 15.1. The number of nitrogens with one attached hydrogen (secondary N) is 1. The molecule has 0 unspecified atom stereocenters. The third kappa shape index (κ3) is 4.52. The Kier molecular flexibility index (Phi) is 6.04. The van der Waals surface area contributed by atoms with E-state index < -0.39 is 17.8 Å². The molecule has 1 aliphatic rings. The zero-order chi connectivity index (χ0) is 23.5. The van der Waals surface area contributed by atoms with Crippen LogP contribution in [-0.4, -0.2) is 25.0 Å². The minimum Gasteiger partial charge on any atom is -0.497 e. The van der Waals surface area contributed by atoms with Gasteiger partial charge in [0.25, 0.3) is 11.8 Å². The molecule has 3 aromatic rings. The molecule has 0 atom stereocenters. The van der Waals surface area contributed by atoms with E-state index in [1.165, 1.54) is 25.3 Å². The molecule has 1 fully saturated rings. The molecule has 0 aliphatic carbocycles. The summed E-state index contributed by atoms with van der Waals surface area (Å²) < 4.78 is 19.0. The van der Waals surface area contributed by atoms with Crippen LogP contribution >= 0.6 is 0 Å². The molecule has 4 rings (SSSR count). The number of hydrogen-bond acceptors (Lipinski definition) is 4. The zero-order valence-electron chi connectivity index (χ0n) is 18.1.